The zero-order valence-corrected chi connectivity index (χ0v) is 17.1. The SMILES string of the molecule is C/C=C\C(=N)c1cccc(-c2csc(NC(=O)CNC(=O)OC(C)(C)C)n2)c1. The number of ether oxygens (including phenoxy) is 1. The second kappa shape index (κ2) is 9.27. The van der Waals surface area contributed by atoms with Crippen LogP contribution in [-0.2, 0) is 9.53 Å². The Balaban J connectivity index is 1.97. The minimum atomic E-state index is -0.650. The summed E-state index contributed by atoms with van der Waals surface area (Å²) in [6.45, 7) is 6.90. The van der Waals surface area contributed by atoms with E-state index in [1.807, 2.05) is 42.6 Å². The predicted octanol–water partition coefficient (Wildman–Crippen LogP) is 4.22. The topological polar surface area (TPSA) is 104 Å². The molecule has 0 saturated heterocycles. The van der Waals surface area contributed by atoms with Crippen LogP contribution in [0.15, 0.2) is 41.8 Å². The largest absolute Gasteiger partial charge is 0.444 e. The Hall–Kier alpha value is -3.00. The molecule has 0 spiro atoms. The summed E-state index contributed by atoms with van der Waals surface area (Å²) in [6.07, 6.45) is 2.89. The first-order valence-corrected chi connectivity index (χ1v) is 9.60. The third-order valence-corrected chi connectivity index (χ3v) is 4.10. The van der Waals surface area contributed by atoms with Crippen LogP contribution >= 0.6 is 11.3 Å². The van der Waals surface area contributed by atoms with Crippen LogP contribution in [0.3, 0.4) is 0 Å². The van der Waals surface area contributed by atoms with Gasteiger partial charge in [-0.3, -0.25) is 4.79 Å². The van der Waals surface area contributed by atoms with E-state index in [-0.39, 0.29) is 6.54 Å². The molecule has 7 nitrogen and oxygen atoms in total. The number of thiazole rings is 1. The monoisotopic (exact) mass is 400 g/mol. The molecule has 0 aliphatic carbocycles. The molecule has 0 atom stereocenters. The van der Waals surface area contributed by atoms with Gasteiger partial charge in [-0.25, -0.2) is 9.78 Å². The Morgan fingerprint density at radius 2 is 2.07 bits per heavy atom. The van der Waals surface area contributed by atoms with Gasteiger partial charge in [-0.15, -0.1) is 11.3 Å². The summed E-state index contributed by atoms with van der Waals surface area (Å²) in [7, 11) is 0. The summed E-state index contributed by atoms with van der Waals surface area (Å²) in [5.74, 6) is -0.393. The first-order chi connectivity index (χ1) is 13.2. The van der Waals surface area contributed by atoms with Crippen molar-refractivity contribution in [3.8, 4) is 11.3 Å². The number of hydrogen-bond donors (Lipinski definition) is 3. The summed E-state index contributed by atoms with van der Waals surface area (Å²) < 4.78 is 5.08. The molecule has 1 aromatic carbocycles. The molecule has 3 N–H and O–H groups in total. The van der Waals surface area contributed by atoms with Crippen molar-refractivity contribution in [1.82, 2.24) is 10.3 Å². The Morgan fingerprint density at radius 1 is 1.32 bits per heavy atom. The average molecular weight is 401 g/mol. The van der Waals surface area contributed by atoms with Gasteiger partial charge in [0, 0.05) is 16.5 Å². The number of carbonyl (C=O) groups excluding carboxylic acids is 2. The van der Waals surface area contributed by atoms with Crippen LogP contribution in [0.1, 0.15) is 33.3 Å². The fourth-order valence-electron chi connectivity index (χ4n) is 2.20. The molecule has 28 heavy (non-hydrogen) atoms. The Bertz CT molecular complexity index is 897. The molecule has 1 aromatic heterocycles. The van der Waals surface area contributed by atoms with E-state index in [2.05, 4.69) is 15.6 Å². The molecule has 2 amide bonds. The molecule has 0 saturated carbocycles. The lowest BCUT2D eigenvalue weighted by Crippen LogP contribution is -2.37. The number of aromatic nitrogens is 1. The number of nitrogens with zero attached hydrogens (tertiary/aromatic N) is 1. The van der Waals surface area contributed by atoms with E-state index in [4.69, 9.17) is 10.1 Å². The highest BCUT2D eigenvalue weighted by molar-refractivity contribution is 7.14. The van der Waals surface area contributed by atoms with E-state index in [9.17, 15) is 9.59 Å². The fourth-order valence-corrected chi connectivity index (χ4v) is 2.94. The number of nitrogens with one attached hydrogen (secondary N) is 3. The lowest BCUT2D eigenvalue weighted by Gasteiger charge is -2.19. The number of allylic oxidation sites excluding steroid dienone is 2. The average Bonchev–Trinajstić information content (AvgIpc) is 3.07. The first-order valence-electron chi connectivity index (χ1n) is 8.72. The van der Waals surface area contributed by atoms with Crippen LogP contribution in [0.5, 0.6) is 0 Å². The van der Waals surface area contributed by atoms with Crippen molar-refractivity contribution in [2.24, 2.45) is 0 Å². The molecule has 2 aromatic rings. The molecule has 1 heterocycles. The number of rotatable bonds is 6. The number of amides is 2. The first kappa shape index (κ1) is 21.3. The van der Waals surface area contributed by atoms with Crippen molar-refractivity contribution in [3.05, 3.63) is 47.4 Å². The second-order valence-electron chi connectivity index (χ2n) is 6.94. The molecular formula is C20H24N4O3S. The fraction of sp³-hybridized carbons (Fsp3) is 0.300. The highest BCUT2D eigenvalue weighted by Crippen LogP contribution is 2.25. The van der Waals surface area contributed by atoms with E-state index in [1.54, 1.807) is 26.8 Å². The van der Waals surface area contributed by atoms with Gasteiger partial charge in [-0.05, 0) is 39.8 Å². The van der Waals surface area contributed by atoms with Crippen molar-refractivity contribution in [2.75, 3.05) is 11.9 Å². The standard InChI is InChI=1S/C20H24N4O3S/c1-5-7-15(21)13-8-6-9-14(10-13)16-12-28-18(23-16)24-17(25)11-22-19(26)27-20(2,3)4/h5-10,12,21H,11H2,1-4H3,(H,22,26)(H,23,24,25)/b7-5-,21-15?. The molecule has 0 aliphatic rings. The van der Waals surface area contributed by atoms with Gasteiger partial charge in [0.15, 0.2) is 5.13 Å². The van der Waals surface area contributed by atoms with Gasteiger partial charge >= 0.3 is 6.09 Å². The van der Waals surface area contributed by atoms with E-state index in [0.29, 0.717) is 16.5 Å². The number of carbonyl (C=O) groups is 2. The van der Waals surface area contributed by atoms with Gasteiger partial charge in [-0.1, -0.05) is 24.3 Å². The molecule has 8 heteroatoms. The van der Waals surface area contributed by atoms with Gasteiger partial charge < -0.3 is 20.8 Å². The quantitative estimate of drug-likeness (QED) is 0.632. The molecule has 0 aliphatic heterocycles. The maximum atomic E-state index is 12.0. The number of anilines is 1. The van der Waals surface area contributed by atoms with Crippen LogP contribution in [0.4, 0.5) is 9.93 Å². The van der Waals surface area contributed by atoms with Crippen molar-refractivity contribution in [2.45, 2.75) is 33.3 Å². The van der Waals surface area contributed by atoms with Crippen molar-refractivity contribution in [3.63, 3.8) is 0 Å². The number of benzene rings is 1. The normalized spacial score (nSPS) is 11.3. The number of hydrogen-bond acceptors (Lipinski definition) is 6. The smallest absolute Gasteiger partial charge is 0.408 e. The summed E-state index contributed by atoms with van der Waals surface area (Å²) >= 11 is 1.29. The number of alkyl carbamates (subject to hydrolysis) is 1. The van der Waals surface area contributed by atoms with Gasteiger partial charge in [0.2, 0.25) is 5.91 Å². The van der Waals surface area contributed by atoms with E-state index < -0.39 is 17.6 Å². The summed E-state index contributed by atoms with van der Waals surface area (Å²) in [5.41, 5.74) is 2.14. The van der Waals surface area contributed by atoms with Gasteiger partial charge in [0.1, 0.15) is 12.1 Å². The third-order valence-electron chi connectivity index (χ3n) is 3.35. The Labute approximate surface area is 168 Å². The highest BCUT2D eigenvalue weighted by atomic mass is 32.1. The molecule has 0 unspecified atom stereocenters. The highest BCUT2D eigenvalue weighted by Gasteiger charge is 2.17. The van der Waals surface area contributed by atoms with E-state index in [1.165, 1.54) is 11.3 Å². The van der Waals surface area contributed by atoms with Gasteiger partial charge in [-0.2, -0.15) is 0 Å². The van der Waals surface area contributed by atoms with E-state index in [0.717, 1.165) is 11.1 Å². The molecular weight excluding hydrogens is 376 g/mol. The summed E-state index contributed by atoms with van der Waals surface area (Å²) in [4.78, 5) is 28.0. The van der Waals surface area contributed by atoms with Crippen molar-refractivity contribution in [1.29, 1.82) is 5.41 Å². The van der Waals surface area contributed by atoms with Crippen LogP contribution in [0.2, 0.25) is 0 Å². The second-order valence-corrected chi connectivity index (χ2v) is 7.79. The predicted molar refractivity (Wildman–Crippen MR) is 112 cm³/mol. The maximum absolute atomic E-state index is 12.0. The molecule has 0 radical (unpaired) electrons. The summed E-state index contributed by atoms with van der Waals surface area (Å²) in [5, 5.41) is 15.3. The lowest BCUT2D eigenvalue weighted by molar-refractivity contribution is -0.115. The lowest BCUT2D eigenvalue weighted by atomic mass is 10.0. The molecule has 2 rings (SSSR count). The van der Waals surface area contributed by atoms with Crippen LogP contribution in [0, 0.1) is 5.41 Å². The van der Waals surface area contributed by atoms with Crippen LogP contribution in [0.25, 0.3) is 11.3 Å². The van der Waals surface area contributed by atoms with Crippen LogP contribution in [-0.4, -0.2) is 34.8 Å². The molecule has 0 bridgehead atoms. The van der Waals surface area contributed by atoms with Gasteiger partial charge in [0.25, 0.3) is 0 Å². The Kier molecular flexibility index (Phi) is 7.06. The molecule has 148 valence electrons. The van der Waals surface area contributed by atoms with E-state index >= 15 is 0 Å². The van der Waals surface area contributed by atoms with Crippen molar-refractivity contribution >= 4 is 34.2 Å². The Morgan fingerprint density at radius 3 is 2.75 bits per heavy atom. The van der Waals surface area contributed by atoms with Crippen molar-refractivity contribution < 1.29 is 14.3 Å². The third kappa shape index (κ3) is 6.62. The van der Waals surface area contributed by atoms with Crippen LogP contribution < -0.4 is 10.6 Å². The minimum absolute atomic E-state index is 0.209. The molecule has 0 fully saturated rings. The summed E-state index contributed by atoms with van der Waals surface area (Å²) in [6, 6.07) is 7.51. The maximum Gasteiger partial charge on any atom is 0.408 e. The van der Waals surface area contributed by atoms with Gasteiger partial charge in [0.05, 0.1) is 11.4 Å². The zero-order valence-electron chi connectivity index (χ0n) is 16.3. The minimum Gasteiger partial charge on any atom is -0.444 e. The zero-order chi connectivity index (χ0) is 20.7.